The second kappa shape index (κ2) is 19.4. The molecule has 0 fully saturated rings. The SMILES string of the molecule is CC(C)(C)c1ccc(-c2[c-]cccc2)nc1.CC(C)c1cc(-c2ccc(-c3ccccc3)cc2)cc(C(C)C)c1-n1c(-c2[c-]ccc3c2oc2cc4c(ccc5ccccc54)cc23)nc2ccccc21.[Ir]. The van der Waals surface area contributed by atoms with Gasteiger partial charge in [0, 0.05) is 37.4 Å². The topological polar surface area (TPSA) is 43.9 Å². The van der Waals surface area contributed by atoms with Crippen molar-refractivity contribution in [2.45, 2.75) is 65.7 Å². The summed E-state index contributed by atoms with van der Waals surface area (Å²) >= 11 is 0. The van der Waals surface area contributed by atoms with E-state index >= 15 is 0 Å². The van der Waals surface area contributed by atoms with Crippen molar-refractivity contribution < 1.29 is 24.5 Å². The van der Waals surface area contributed by atoms with Gasteiger partial charge in [0.2, 0.25) is 0 Å². The van der Waals surface area contributed by atoms with Crippen molar-refractivity contribution >= 4 is 54.5 Å². The molecule has 0 amide bonds. The predicted molar refractivity (Wildman–Crippen MR) is 294 cm³/mol. The van der Waals surface area contributed by atoms with Gasteiger partial charge in [-0.05, 0) is 120 Å². The van der Waals surface area contributed by atoms with E-state index in [1.54, 1.807) is 0 Å². The van der Waals surface area contributed by atoms with Crippen LogP contribution in [0.25, 0.3) is 105 Å². The molecule has 0 aliphatic carbocycles. The van der Waals surface area contributed by atoms with Crippen LogP contribution < -0.4 is 0 Å². The van der Waals surface area contributed by atoms with E-state index in [4.69, 9.17) is 9.40 Å². The summed E-state index contributed by atoms with van der Waals surface area (Å²) in [6.07, 6.45) is 1.95. The first kappa shape index (κ1) is 47.3. The van der Waals surface area contributed by atoms with Crippen molar-refractivity contribution in [3.05, 3.63) is 223 Å². The summed E-state index contributed by atoms with van der Waals surface area (Å²) < 4.78 is 9.25. The van der Waals surface area contributed by atoms with Crippen molar-refractivity contribution in [2.24, 2.45) is 0 Å². The Morgan fingerprint density at radius 2 is 1.20 bits per heavy atom. The van der Waals surface area contributed by atoms with E-state index in [1.165, 1.54) is 66.2 Å². The molecule has 0 saturated heterocycles. The van der Waals surface area contributed by atoms with Crippen LogP contribution in [0.3, 0.4) is 0 Å². The summed E-state index contributed by atoms with van der Waals surface area (Å²) in [6, 6.07) is 73.3. The third kappa shape index (κ3) is 9.02. The quantitative estimate of drug-likeness (QED) is 0.118. The molecule has 351 valence electrons. The molecule has 1 radical (unpaired) electrons. The van der Waals surface area contributed by atoms with E-state index in [0.717, 1.165) is 55.6 Å². The third-order valence-electron chi connectivity index (χ3n) is 13.7. The number of hydrogen-bond donors (Lipinski definition) is 0. The molecule has 0 N–H and O–H groups in total. The molecule has 0 aliphatic heterocycles. The zero-order valence-corrected chi connectivity index (χ0v) is 43.6. The van der Waals surface area contributed by atoms with Crippen LogP contribution in [0.2, 0.25) is 0 Å². The normalized spacial score (nSPS) is 11.7. The Kier molecular flexibility index (Phi) is 12.9. The molecule has 12 aromatic rings. The van der Waals surface area contributed by atoms with E-state index in [9.17, 15) is 0 Å². The monoisotopic (exact) mass is 1100 g/mol. The maximum atomic E-state index is 6.87. The van der Waals surface area contributed by atoms with Gasteiger partial charge in [-0.25, -0.2) is 0 Å². The van der Waals surface area contributed by atoms with Gasteiger partial charge in [-0.2, -0.15) is 0 Å². The molecule has 71 heavy (non-hydrogen) atoms. The molecule has 5 heteroatoms. The summed E-state index contributed by atoms with van der Waals surface area (Å²) in [6.45, 7) is 15.8. The van der Waals surface area contributed by atoms with Crippen LogP contribution in [0.5, 0.6) is 0 Å². The maximum Gasteiger partial charge on any atom is 0.121 e. The van der Waals surface area contributed by atoms with Gasteiger partial charge in [0.1, 0.15) is 5.58 Å². The molecule has 0 atom stereocenters. The number of pyridine rings is 1. The van der Waals surface area contributed by atoms with E-state index < -0.39 is 0 Å². The summed E-state index contributed by atoms with van der Waals surface area (Å²) in [5.41, 5.74) is 16.6. The minimum Gasteiger partial charge on any atom is -0.501 e. The standard InChI is InChI=1S/C51H39N2O.C15H16N.Ir/c1-31(2)42-28-38(35-23-21-34(22-24-35)33-13-6-5-7-14-33)29-43(32(3)4)49(42)53-47-20-11-10-19-46(47)52-51(53)41-18-12-17-40-45-27-37-26-25-36-15-8-9-16-39(36)44(37)30-48(45)54-50(40)41;1-15(2,3)13-9-10-14(16-11-13)12-7-5-4-6-8-12;/h5-17,19-32H,1-4H3;4-7,9-11H,1-3H3;/q2*-1;. The number of aromatic nitrogens is 3. The van der Waals surface area contributed by atoms with E-state index in [1.807, 2.05) is 36.5 Å². The second-order valence-electron chi connectivity index (χ2n) is 20.0. The summed E-state index contributed by atoms with van der Waals surface area (Å²) in [7, 11) is 0. The molecular weight excluding hydrogens is 1040 g/mol. The number of fused-ring (bicyclic) bond motifs is 7. The van der Waals surface area contributed by atoms with Crippen molar-refractivity contribution in [1.29, 1.82) is 0 Å². The van der Waals surface area contributed by atoms with Gasteiger partial charge >= 0.3 is 0 Å². The number of nitrogens with zero attached hydrogens (tertiary/aromatic N) is 3. The molecule has 3 aromatic heterocycles. The molecule has 0 aliphatic rings. The fraction of sp³-hybridized carbons (Fsp3) is 0.152. The Labute approximate surface area is 430 Å². The molecule has 0 bridgehead atoms. The number of hydrogen-bond acceptors (Lipinski definition) is 3. The van der Waals surface area contributed by atoms with Crippen LogP contribution in [-0.2, 0) is 25.5 Å². The molecule has 12 rings (SSSR count). The van der Waals surface area contributed by atoms with Gasteiger partial charge in [0.25, 0.3) is 0 Å². The van der Waals surface area contributed by atoms with Gasteiger partial charge in [0.05, 0.1) is 22.4 Å². The molecular formula is C66H55IrN3O-2. The number of furan rings is 1. The van der Waals surface area contributed by atoms with Crippen LogP contribution in [0.1, 0.15) is 77.0 Å². The molecule has 3 heterocycles. The van der Waals surface area contributed by atoms with Gasteiger partial charge < -0.3 is 14.0 Å². The molecule has 9 aromatic carbocycles. The van der Waals surface area contributed by atoms with E-state index in [-0.39, 0.29) is 37.4 Å². The number of imidazole rings is 1. The summed E-state index contributed by atoms with van der Waals surface area (Å²) in [5, 5.41) is 7.00. The largest absolute Gasteiger partial charge is 0.501 e. The first-order valence-corrected chi connectivity index (χ1v) is 24.4. The first-order valence-electron chi connectivity index (χ1n) is 24.4. The molecule has 4 nitrogen and oxygen atoms in total. The van der Waals surface area contributed by atoms with Crippen LogP contribution in [-0.4, -0.2) is 14.5 Å². The fourth-order valence-corrected chi connectivity index (χ4v) is 9.85. The van der Waals surface area contributed by atoms with Crippen molar-refractivity contribution in [1.82, 2.24) is 14.5 Å². The summed E-state index contributed by atoms with van der Waals surface area (Å²) in [5.74, 6) is 1.34. The van der Waals surface area contributed by atoms with Crippen LogP contribution in [0.4, 0.5) is 0 Å². The molecule has 0 spiro atoms. The van der Waals surface area contributed by atoms with Gasteiger partial charge in [0.15, 0.2) is 0 Å². The van der Waals surface area contributed by atoms with Crippen molar-refractivity contribution in [2.75, 3.05) is 0 Å². The summed E-state index contributed by atoms with van der Waals surface area (Å²) in [4.78, 5) is 9.85. The van der Waals surface area contributed by atoms with Crippen molar-refractivity contribution in [3.63, 3.8) is 0 Å². The Balaban J connectivity index is 0.000000292. The van der Waals surface area contributed by atoms with E-state index in [2.05, 4.69) is 228 Å². The molecule has 0 saturated carbocycles. The Morgan fingerprint density at radius 1 is 0.535 bits per heavy atom. The van der Waals surface area contributed by atoms with Crippen LogP contribution in [0, 0.1) is 12.1 Å². The van der Waals surface area contributed by atoms with E-state index in [0.29, 0.717) is 0 Å². The number of rotatable bonds is 7. The minimum absolute atomic E-state index is 0. The Bertz CT molecular complexity index is 3810. The van der Waals surface area contributed by atoms with Crippen LogP contribution in [0.15, 0.2) is 199 Å². The van der Waals surface area contributed by atoms with Crippen LogP contribution >= 0.6 is 0 Å². The zero-order chi connectivity index (χ0) is 48.1. The smallest absolute Gasteiger partial charge is 0.121 e. The number of para-hydroxylation sites is 2. The van der Waals surface area contributed by atoms with Crippen molar-refractivity contribution in [3.8, 4) is 50.6 Å². The fourth-order valence-electron chi connectivity index (χ4n) is 9.85. The Morgan fingerprint density at radius 3 is 1.89 bits per heavy atom. The second-order valence-corrected chi connectivity index (χ2v) is 20.0. The Hall–Kier alpha value is -7.43. The van der Waals surface area contributed by atoms with Gasteiger partial charge in [-0.1, -0.05) is 175 Å². The predicted octanol–water partition coefficient (Wildman–Crippen LogP) is 18.1. The average molecular weight is 1100 g/mol. The van der Waals surface area contributed by atoms with Gasteiger partial charge in [-0.15, -0.1) is 54.1 Å². The minimum atomic E-state index is 0. The maximum absolute atomic E-state index is 6.87. The first-order chi connectivity index (χ1) is 34.0. The zero-order valence-electron chi connectivity index (χ0n) is 41.2. The van der Waals surface area contributed by atoms with Gasteiger partial charge in [-0.3, -0.25) is 4.98 Å². The third-order valence-corrected chi connectivity index (χ3v) is 13.7. The number of benzene rings is 9. The average Bonchev–Trinajstić information content (AvgIpc) is 3.96. The molecule has 0 unspecified atom stereocenters.